The zero-order valence-electron chi connectivity index (χ0n) is 8.51. The Balaban J connectivity index is 2.98. The highest BCUT2D eigenvalue weighted by Crippen LogP contribution is 2.20. The molecule has 4 nitrogen and oxygen atoms in total. The SMILES string of the molecule is CNC(=O)c1cc(NC(=O)CBr)ccc1Cl. The zero-order chi connectivity index (χ0) is 12.1. The van der Waals surface area contributed by atoms with Crippen molar-refractivity contribution < 1.29 is 9.59 Å². The Bertz CT molecular complexity index is 423. The zero-order valence-corrected chi connectivity index (χ0v) is 10.9. The van der Waals surface area contributed by atoms with Crippen molar-refractivity contribution in [2.75, 3.05) is 17.7 Å². The minimum Gasteiger partial charge on any atom is -0.355 e. The van der Waals surface area contributed by atoms with Gasteiger partial charge in [0.2, 0.25) is 5.91 Å². The number of amides is 2. The highest BCUT2D eigenvalue weighted by molar-refractivity contribution is 9.09. The number of benzene rings is 1. The molecule has 86 valence electrons. The molecule has 0 saturated heterocycles. The summed E-state index contributed by atoms with van der Waals surface area (Å²) in [6, 6.07) is 4.73. The lowest BCUT2D eigenvalue weighted by Gasteiger charge is -2.07. The fourth-order valence-corrected chi connectivity index (χ4v) is 1.45. The third-order valence-corrected chi connectivity index (χ3v) is 2.68. The van der Waals surface area contributed by atoms with E-state index in [1.807, 2.05) is 0 Å². The first-order valence-corrected chi connectivity index (χ1v) is 5.96. The second kappa shape index (κ2) is 5.86. The second-order valence-corrected chi connectivity index (χ2v) is 3.92. The molecule has 2 amide bonds. The van der Waals surface area contributed by atoms with Crippen molar-refractivity contribution in [3.8, 4) is 0 Å². The number of carbonyl (C=O) groups excluding carboxylic acids is 2. The van der Waals surface area contributed by atoms with Gasteiger partial charge in [-0.15, -0.1) is 0 Å². The fraction of sp³-hybridized carbons (Fsp3) is 0.200. The molecule has 0 aromatic heterocycles. The quantitative estimate of drug-likeness (QED) is 0.840. The predicted molar refractivity (Wildman–Crippen MR) is 67.3 cm³/mol. The van der Waals surface area contributed by atoms with Crippen LogP contribution in [0.2, 0.25) is 5.02 Å². The monoisotopic (exact) mass is 304 g/mol. The molecule has 0 atom stereocenters. The van der Waals surface area contributed by atoms with Gasteiger partial charge in [0.25, 0.3) is 5.91 Å². The van der Waals surface area contributed by atoms with Crippen LogP contribution in [-0.2, 0) is 4.79 Å². The van der Waals surface area contributed by atoms with Crippen LogP contribution in [0.3, 0.4) is 0 Å². The minimum absolute atomic E-state index is 0.190. The van der Waals surface area contributed by atoms with Crippen LogP contribution in [0.4, 0.5) is 5.69 Å². The number of hydrogen-bond donors (Lipinski definition) is 2. The topological polar surface area (TPSA) is 58.2 Å². The van der Waals surface area contributed by atoms with Crippen molar-refractivity contribution >= 4 is 45.0 Å². The van der Waals surface area contributed by atoms with Crippen molar-refractivity contribution in [3.63, 3.8) is 0 Å². The summed E-state index contributed by atoms with van der Waals surface area (Å²) in [6.45, 7) is 0. The van der Waals surface area contributed by atoms with E-state index in [1.165, 1.54) is 13.1 Å². The van der Waals surface area contributed by atoms with Gasteiger partial charge in [-0.2, -0.15) is 0 Å². The molecule has 1 aromatic rings. The Labute approximate surface area is 106 Å². The molecular weight excluding hydrogens is 295 g/mol. The van der Waals surface area contributed by atoms with Gasteiger partial charge in [0.1, 0.15) is 0 Å². The third kappa shape index (κ3) is 3.21. The lowest BCUT2D eigenvalue weighted by Crippen LogP contribution is -2.19. The molecular formula is C10H10BrClN2O2. The molecule has 0 heterocycles. The Morgan fingerprint density at radius 3 is 2.69 bits per heavy atom. The van der Waals surface area contributed by atoms with Gasteiger partial charge in [-0.25, -0.2) is 0 Å². The maximum Gasteiger partial charge on any atom is 0.252 e. The number of carbonyl (C=O) groups is 2. The first kappa shape index (κ1) is 13.0. The molecule has 0 aliphatic rings. The van der Waals surface area contributed by atoms with Crippen LogP contribution in [0.15, 0.2) is 18.2 Å². The van der Waals surface area contributed by atoms with Gasteiger partial charge in [-0.05, 0) is 18.2 Å². The first-order valence-electron chi connectivity index (χ1n) is 4.46. The molecule has 0 aliphatic carbocycles. The largest absolute Gasteiger partial charge is 0.355 e. The maximum atomic E-state index is 11.4. The number of nitrogens with one attached hydrogen (secondary N) is 2. The maximum absolute atomic E-state index is 11.4. The minimum atomic E-state index is -0.292. The lowest BCUT2D eigenvalue weighted by molar-refractivity contribution is -0.113. The molecule has 1 aromatic carbocycles. The molecule has 0 radical (unpaired) electrons. The van der Waals surface area contributed by atoms with Crippen LogP contribution < -0.4 is 10.6 Å². The number of alkyl halides is 1. The van der Waals surface area contributed by atoms with E-state index >= 15 is 0 Å². The molecule has 0 aliphatic heterocycles. The summed E-state index contributed by atoms with van der Waals surface area (Å²) in [4.78, 5) is 22.5. The van der Waals surface area contributed by atoms with E-state index in [0.29, 0.717) is 16.3 Å². The van der Waals surface area contributed by atoms with Crippen molar-refractivity contribution in [1.29, 1.82) is 0 Å². The molecule has 0 fully saturated rings. The van der Waals surface area contributed by atoms with E-state index < -0.39 is 0 Å². The van der Waals surface area contributed by atoms with E-state index in [-0.39, 0.29) is 17.1 Å². The van der Waals surface area contributed by atoms with Crippen molar-refractivity contribution in [3.05, 3.63) is 28.8 Å². The van der Waals surface area contributed by atoms with Crippen molar-refractivity contribution in [2.45, 2.75) is 0 Å². The molecule has 2 N–H and O–H groups in total. The molecule has 0 spiro atoms. The van der Waals surface area contributed by atoms with E-state index in [2.05, 4.69) is 26.6 Å². The number of halogens is 2. The van der Waals surface area contributed by atoms with Gasteiger partial charge in [0, 0.05) is 12.7 Å². The summed E-state index contributed by atoms with van der Waals surface area (Å²) in [5.74, 6) is -0.481. The van der Waals surface area contributed by atoms with Crippen molar-refractivity contribution in [1.82, 2.24) is 5.32 Å². The second-order valence-electron chi connectivity index (χ2n) is 2.96. The van der Waals surface area contributed by atoms with Crippen LogP contribution in [0.25, 0.3) is 0 Å². The normalized spacial score (nSPS) is 9.69. The molecule has 1 rings (SSSR count). The van der Waals surface area contributed by atoms with E-state index in [9.17, 15) is 9.59 Å². The Morgan fingerprint density at radius 2 is 2.12 bits per heavy atom. The molecule has 0 saturated carbocycles. The fourth-order valence-electron chi connectivity index (χ4n) is 1.11. The van der Waals surface area contributed by atoms with Crippen LogP contribution in [0, 0.1) is 0 Å². The molecule has 0 bridgehead atoms. The highest BCUT2D eigenvalue weighted by Gasteiger charge is 2.10. The van der Waals surface area contributed by atoms with Crippen LogP contribution in [-0.4, -0.2) is 24.2 Å². The van der Waals surface area contributed by atoms with Gasteiger partial charge in [0.05, 0.1) is 15.9 Å². The van der Waals surface area contributed by atoms with Crippen molar-refractivity contribution in [2.24, 2.45) is 0 Å². The molecule has 6 heteroatoms. The van der Waals surface area contributed by atoms with E-state index in [1.54, 1.807) is 12.1 Å². The summed E-state index contributed by atoms with van der Waals surface area (Å²) in [5.41, 5.74) is 0.865. The van der Waals surface area contributed by atoms with Gasteiger partial charge in [-0.3, -0.25) is 9.59 Å². The summed E-state index contributed by atoms with van der Waals surface area (Å²) < 4.78 is 0. The van der Waals surface area contributed by atoms with Gasteiger partial charge < -0.3 is 10.6 Å². The summed E-state index contributed by atoms with van der Waals surface area (Å²) in [7, 11) is 1.52. The summed E-state index contributed by atoms with van der Waals surface area (Å²) in [5, 5.41) is 5.63. The predicted octanol–water partition coefficient (Wildman–Crippen LogP) is 2.03. The van der Waals surface area contributed by atoms with Crippen LogP contribution in [0.1, 0.15) is 10.4 Å². The Kier molecular flexibility index (Phi) is 4.76. The van der Waals surface area contributed by atoms with Crippen LogP contribution >= 0.6 is 27.5 Å². The van der Waals surface area contributed by atoms with Gasteiger partial charge >= 0.3 is 0 Å². The lowest BCUT2D eigenvalue weighted by atomic mass is 10.2. The number of rotatable bonds is 3. The molecule has 16 heavy (non-hydrogen) atoms. The summed E-state index contributed by atoms with van der Waals surface area (Å²) in [6.07, 6.45) is 0. The van der Waals surface area contributed by atoms with E-state index in [0.717, 1.165) is 0 Å². The van der Waals surface area contributed by atoms with Gasteiger partial charge in [0.15, 0.2) is 0 Å². The highest BCUT2D eigenvalue weighted by atomic mass is 79.9. The number of hydrogen-bond acceptors (Lipinski definition) is 2. The standard InChI is InChI=1S/C10H10BrClN2O2/c1-13-10(16)7-4-6(2-3-8(7)12)14-9(15)5-11/h2-4H,5H2,1H3,(H,13,16)(H,14,15). The van der Waals surface area contributed by atoms with Gasteiger partial charge in [-0.1, -0.05) is 27.5 Å². The average molecular weight is 306 g/mol. The summed E-state index contributed by atoms with van der Waals surface area (Å²) >= 11 is 8.89. The Hall–Kier alpha value is -1.07. The van der Waals surface area contributed by atoms with E-state index in [4.69, 9.17) is 11.6 Å². The molecule has 0 unspecified atom stereocenters. The first-order chi connectivity index (χ1) is 7.58. The average Bonchev–Trinajstić information content (AvgIpc) is 2.30. The van der Waals surface area contributed by atoms with Crippen LogP contribution in [0.5, 0.6) is 0 Å². The third-order valence-electron chi connectivity index (χ3n) is 1.84. The Morgan fingerprint density at radius 1 is 1.44 bits per heavy atom. The smallest absolute Gasteiger partial charge is 0.252 e. The number of anilines is 1.